The van der Waals surface area contributed by atoms with Gasteiger partial charge >= 0.3 is 0 Å². The van der Waals surface area contributed by atoms with E-state index >= 15 is 0 Å². The van der Waals surface area contributed by atoms with Gasteiger partial charge in [-0.05, 0) is 62.9 Å². The van der Waals surface area contributed by atoms with E-state index in [4.69, 9.17) is 4.74 Å². The van der Waals surface area contributed by atoms with E-state index in [1.54, 1.807) is 7.11 Å². The largest absolute Gasteiger partial charge is 0.368 e. The molecule has 0 saturated carbocycles. The SMILES string of the molecule is COC1(C(=O)NCc2ccnc(N3CCCCC3)c2)CCNCC1.Cl.Cl. The zero-order valence-electron chi connectivity index (χ0n) is 15.3. The molecule has 0 aliphatic carbocycles. The molecule has 148 valence electrons. The summed E-state index contributed by atoms with van der Waals surface area (Å²) in [7, 11) is 1.63. The lowest BCUT2D eigenvalue weighted by atomic mass is 9.91. The van der Waals surface area contributed by atoms with E-state index in [1.165, 1.54) is 19.3 Å². The van der Waals surface area contributed by atoms with Crippen molar-refractivity contribution >= 4 is 36.5 Å². The van der Waals surface area contributed by atoms with Gasteiger partial charge in [0.2, 0.25) is 0 Å². The quantitative estimate of drug-likeness (QED) is 0.787. The lowest BCUT2D eigenvalue weighted by Gasteiger charge is -2.34. The minimum absolute atomic E-state index is 0. The van der Waals surface area contributed by atoms with Crippen LogP contribution >= 0.6 is 24.8 Å². The van der Waals surface area contributed by atoms with Crippen LogP contribution in [0.2, 0.25) is 0 Å². The number of anilines is 1. The first-order valence-electron chi connectivity index (χ1n) is 8.98. The van der Waals surface area contributed by atoms with Crippen LogP contribution in [0.1, 0.15) is 37.7 Å². The maximum Gasteiger partial charge on any atom is 0.252 e. The van der Waals surface area contributed by atoms with Crippen LogP contribution in [0.4, 0.5) is 5.82 Å². The Hall–Kier alpha value is -1.08. The maximum absolute atomic E-state index is 12.6. The van der Waals surface area contributed by atoms with Crippen LogP contribution in [0.3, 0.4) is 0 Å². The molecular weight excluding hydrogens is 375 g/mol. The number of nitrogens with zero attached hydrogens (tertiary/aromatic N) is 2. The number of carbonyl (C=O) groups excluding carboxylic acids is 1. The number of piperidine rings is 2. The molecule has 0 aromatic carbocycles. The molecule has 2 fully saturated rings. The number of nitrogens with one attached hydrogen (secondary N) is 2. The van der Waals surface area contributed by atoms with Crippen molar-refractivity contribution in [2.45, 2.75) is 44.2 Å². The molecule has 0 radical (unpaired) electrons. The second kappa shape index (κ2) is 10.9. The molecule has 1 aromatic rings. The third-order valence-corrected chi connectivity index (χ3v) is 5.16. The van der Waals surface area contributed by atoms with E-state index in [0.29, 0.717) is 19.4 Å². The van der Waals surface area contributed by atoms with Gasteiger partial charge in [0, 0.05) is 32.9 Å². The first-order valence-corrected chi connectivity index (χ1v) is 8.98. The second-order valence-corrected chi connectivity index (χ2v) is 6.70. The molecule has 1 amide bonds. The number of amides is 1. The summed E-state index contributed by atoms with van der Waals surface area (Å²) in [4.78, 5) is 19.4. The molecule has 8 heteroatoms. The van der Waals surface area contributed by atoms with Gasteiger partial charge in [-0.3, -0.25) is 4.79 Å². The fourth-order valence-electron chi connectivity index (χ4n) is 3.56. The Bertz CT molecular complexity index is 562. The van der Waals surface area contributed by atoms with Gasteiger partial charge in [0.05, 0.1) is 0 Å². The van der Waals surface area contributed by atoms with Crippen molar-refractivity contribution in [3.05, 3.63) is 23.9 Å². The molecule has 3 heterocycles. The summed E-state index contributed by atoms with van der Waals surface area (Å²) < 4.78 is 5.58. The van der Waals surface area contributed by atoms with Crippen molar-refractivity contribution in [1.82, 2.24) is 15.6 Å². The maximum atomic E-state index is 12.6. The van der Waals surface area contributed by atoms with Crippen molar-refractivity contribution in [1.29, 1.82) is 0 Å². The average Bonchev–Trinajstić information content (AvgIpc) is 2.67. The highest BCUT2D eigenvalue weighted by molar-refractivity contribution is 5.86. The molecule has 2 saturated heterocycles. The van der Waals surface area contributed by atoms with Crippen LogP contribution in [-0.2, 0) is 16.1 Å². The van der Waals surface area contributed by atoms with E-state index in [-0.39, 0.29) is 30.7 Å². The predicted octanol–water partition coefficient (Wildman–Crippen LogP) is 2.30. The van der Waals surface area contributed by atoms with Gasteiger partial charge in [-0.2, -0.15) is 0 Å². The predicted molar refractivity (Wildman–Crippen MR) is 108 cm³/mol. The number of pyridine rings is 1. The lowest BCUT2D eigenvalue weighted by molar-refractivity contribution is -0.146. The molecule has 0 atom stereocenters. The minimum Gasteiger partial charge on any atom is -0.368 e. The number of aromatic nitrogens is 1. The molecule has 6 nitrogen and oxygen atoms in total. The van der Waals surface area contributed by atoms with Gasteiger partial charge in [0.15, 0.2) is 0 Å². The van der Waals surface area contributed by atoms with Crippen LogP contribution in [0.5, 0.6) is 0 Å². The summed E-state index contributed by atoms with van der Waals surface area (Å²) in [5.74, 6) is 1.01. The van der Waals surface area contributed by atoms with Crippen LogP contribution < -0.4 is 15.5 Å². The Balaban J connectivity index is 0.00000169. The summed E-state index contributed by atoms with van der Waals surface area (Å²) in [5, 5.41) is 6.33. The summed E-state index contributed by atoms with van der Waals surface area (Å²) in [5.41, 5.74) is 0.396. The van der Waals surface area contributed by atoms with Crippen molar-refractivity contribution in [2.75, 3.05) is 38.2 Å². The van der Waals surface area contributed by atoms with Gasteiger partial charge in [-0.15, -0.1) is 24.8 Å². The Morgan fingerprint density at radius 1 is 1.27 bits per heavy atom. The zero-order chi connectivity index (χ0) is 16.8. The number of halogens is 2. The van der Waals surface area contributed by atoms with Crippen LogP contribution in [-0.4, -0.2) is 49.8 Å². The average molecular weight is 405 g/mol. The zero-order valence-corrected chi connectivity index (χ0v) is 17.0. The Labute approximate surface area is 168 Å². The van der Waals surface area contributed by atoms with Gasteiger partial charge in [0.25, 0.3) is 5.91 Å². The van der Waals surface area contributed by atoms with Gasteiger partial charge in [-0.25, -0.2) is 4.98 Å². The van der Waals surface area contributed by atoms with Gasteiger partial charge < -0.3 is 20.3 Å². The Kier molecular flexibility index (Phi) is 9.64. The summed E-state index contributed by atoms with van der Waals surface area (Å²) >= 11 is 0. The third kappa shape index (κ3) is 5.46. The van der Waals surface area contributed by atoms with E-state index in [9.17, 15) is 4.79 Å². The van der Waals surface area contributed by atoms with E-state index in [1.807, 2.05) is 12.3 Å². The standard InChI is InChI=1S/C18H28N4O2.2ClH/c1-24-18(6-9-19-10-7-18)17(23)21-14-15-5-8-20-16(13-15)22-11-3-2-4-12-22;;/h5,8,13,19H,2-4,6-7,9-12,14H2,1H3,(H,21,23);2*1H. The minimum atomic E-state index is -0.687. The first-order chi connectivity index (χ1) is 11.7. The topological polar surface area (TPSA) is 66.5 Å². The summed E-state index contributed by atoms with van der Waals surface area (Å²) in [6.07, 6.45) is 7.03. The molecule has 2 aliphatic rings. The van der Waals surface area contributed by atoms with Crippen molar-refractivity contribution in [3.63, 3.8) is 0 Å². The fraction of sp³-hybridized carbons (Fsp3) is 0.667. The molecule has 2 N–H and O–H groups in total. The number of hydrogen-bond acceptors (Lipinski definition) is 5. The van der Waals surface area contributed by atoms with Gasteiger partial charge in [-0.1, -0.05) is 0 Å². The Morgan fingerprint density at radius 3 is 2.62 bits per heavy atom. The molecular formula is C18H30Cl2N4O2. The Morgan fingerprint density at radius 2 is 1.96 bits per heavy atom. The molecule has 0 bridgehead atoms. The molecule has 1 aromatic heterocycles. The van der Waals surface area contributed by atoms with Crippen LogP contribution in [0, 0.1) is 0 Å². The smallest absolute Gasteiger partial charge is 0.252 e. The number of carbonyl (C=O) groups is 1. The van der Waals surface area contributed by atoms with Crippen molar-refractivity contribution < 1.29 is 9.53 Å². The molecule has 3 rings (SSSR count). The van der Waals surface area contributed by atoms with E-state index < -0.39 is 5.60 Å². The highest BCUT2D eigenvalue weighted by atomic mass is 35.5. The fourth-order valence-corrected chi connectivity index (χ4v) is 3.56. The number of methoxy groups -OCH3 is 1. The second-order valence-electron chi connectivity index (χ2n) is 6.70. The first kappa shape index (κ1) is 23.0. The van der Waals surface area contributed by atoms with Crippen molar-refractivity contribution in [3.8, 4) is 0 Å². The van der Waals surface area contributed by atoms with E-state index in [0.717, 1.165) is 37.6 Å². The van der Waals surface area contributed by atoms with Crippen LogP contribution in [0.25, 0.3) is 0 Å². The normalized spacial score (nSPS) is 19.0. The van der Waals surface area contributed by atoms with Crippen LogP contribution in [0.15, 0.2) is 18.3 Å². The van der Waals surface area contributed by atoms with Crippen molar-refractivity contribution in [2.24, 2.45) is 0 Å². The molecule has 2 aliphatic heterocycles. The number of ether oxygens (including phenoxy) is 1. The number of hydrogen-bond donors (Lipinski definition) is 2. The molecule has 0 unspecified atom stereocenters. The highest BCUT2D eigenvalue weighted by Gasteiger charge is 2.39. The monoisotopic (exact) mass is 404 g/mol. The summed E-state index contributed by atoms with van der Waals surface area (Å²) in [6, 6.07) is 4.06. The van der Waals surface area contributed by atoms with E-state index in [2.05, 4.69) is 26.6 Å². The molecule has 26 heavy (non-hydrogen) atoms. The van der Waals surface area contributed by atoms with Gasteiger partial charge in [0.1, 0.15) is 11.4 Å². The highest BCUT2D eigenvalue weighted by Crippen LogP contribution is 2.23. The summed E-state index contributed by atoms with van der Waals surface area (Å²) in [6.45, 7) is 4.29. The number of rotatable bonds is 5. The third-order valence-electron chi connectivity index (χ3n) is 5.16. The molecule has 0 spiro atoms. The lowest BCUT2D eigenvalue weighted by Crippen LogP contribution is -2.53.